The molecule has 1 aliphatic rings. The van der Waals surface area contributed by atoms with Gasteiger partial charge >= 0.3 is 0 Å². The zero-order valence-electron chi connectivity index (χ0n) is 15.2. The molecule has 0 N–H and O–H groups in total. The first kappa shape index (κ1) is 18.9. The molecule has 4 heteroatoms. The molecule has 1 aromatic carbocycles. The van der Waals surface area contributed by atoms with Gasteiger partial charge in [-0.1, -0.05) is 30.3 Å². The summed E-state index contributed by atoms with van der Waals surface area (Å²) >= 11 is 0. The van der Waals surface area contributed by atoms with Crippen LogP contribution in [0.15, 0.2) is 30.3 Å². The number of hydrogen-bond acceptors (Lipinski definition) is 4. The summed E-state index contributed by atoms with van der Waals surface area (Å²) in [6.45, 7) is 11.7. The highest BCUT2D eigenvalue weighted by atomic mass is 16.5. The topological polar surface area (TPSA) is 39.5 Å². The van der Waals surface area contributed by atoms with Gasteiger partial charge in [0, 0.05) is 52.3 Å². The van der Waals surface area contributed by atoms with E-state index in [0.29, 0.717) is 13.0 Å². The minimum Gasteiger partial charge on any atom is -0.375 e. The lowest BCUT2D eigenvalue weighted by Crippen LogP contribution is -2.47. The van der Waals surface area contributed by atoms with Crippen molar-refractivity contribution >= 4 is 0 Å². The molecule has 0 saturated carbocycles. The lowest BCUT2D eigenvalue weighted by molar-refractivity contribution is -0.0319. The molecule has 4 nitrogen and oxygen atoms in total. The zero-order valence-corrected chi connectivity index (χ0v) is 15.2. The van der Waals surface area contributed by atoms with Crippen molar-refractivity contribution in [1.82, 2.24) is 9.80 Å². The van der Waals surface area contributed by atoms with E-state index in [1.54, 1.807) is 0 Å². The van der Waals surface area contributed by atoms with Gasteiger partial charge in [-0.2, -0.15) is 5.26 Å². The molecule has 0 spiro atoms. The van der Waals surface area contributed by atoms with Gasteiger partial charge < -0.3 is 9.64 Å². The van der Waals surface area contributed by atoms with Crippen LogP contribution in [0.2, 0.25) is 0 Å². The number of ether oxygens (including phenoxy) is 1. The van der Waals surface area contributed by atoms with Gasteiger partial charge in [-0.15, -0.1) is 0 Å². The van der Waals surface area contributed by atoms with E-state index < -0.39 is 0 Å². The fourth-order valence-corrected chi connectivity index (χ4v) is 3.01. The van der Waals surface area contributed by atoms with Gasteiger partial charge in [0.05, 0.1) is 11.7 Å². The van der Waals surface area contributed by atoms with Gasteiger partial charge in [0.2, 0.25) is 0 Å². The van der Waals surface area contributed by atoms with Crippen molar-refractivity contribution in [3.8, 4) is 6.07 Å². The minimum absolute atomic E-state index is 0.101. The lowest BCUT2D eigenvalue weighted by atomic mass is 10.0. The van der Waals surface area contributed by atoms with E-state index in [1.807, 2.05) is 0 Å². The summed E-state index contributed by atoms with van der Waals surface area (Å²) in [5.74, 6) is 0. The van der Waals surface area contributed by atoms with Crippen molar-refractivity contribution in [2.45, 2.75) is 45.3 Å². The fourth-order valence-electron chi connectivity index (χ4n) is 3.01. The summed E-state index contributed by atoms with van der Waals surface area (Å²) in [7, 11) is 0. The first-order chi connectivity index (χ1) is 11.6. The Bertz CT molecular complexity index is 501. The van der Waals surface area contributed by atoms with E-state index in [-0.39, 0.29) is 5.60 Å². The summed E-state index contributed by atoms with van der Waals surface area (Å²) < 4.78 is 5.93. The van der Waals surface area contributed by atoms with E-state index in [0.717, 1.165) is 52.1 Å². The Hall–Kier alpha value is -1.41. The first-order valence-electron chi connectivity index (χ1n) is 9.09. The molecule has 0 aliphatic carbocycles. The molecule has 24 heavy (non-hydrogen) atoms. The lowest BCUT2D eigenvalue weighted by Gasteiger charge is -2.36. The van der Waals surface area contributed by atoms with Crippen LogP contribution in [0.4, 0.5) is 0 Å². The second kappa shape index (κ2) is 9.78. The van der Waals surface area contributed by atoms with Crippen LogP contribution in [0, 0.1) is 11.3 Å². The molecule has 0 amide bonds. The number of unbranched alkanes of at least 4 members (excludes halogenated alkanes) is 1. The number of nitrogens with zero attached hydrogens (tertiary/aromatic N) is 3. The third kappa shape index (κ3) is 7.00. The third-order valence-electron chi connectivity index (χ3n) is 4.67. The van der Waals surface area contributed by atoms with Crippen LogP contribution in [0.1, 0.15) is 38.7 Å². The number of benzene rings is 1. The van der Waals surface area contributed by atoms with Crippen LogP contribution in [-0.2, 0) is 11.3 Å². The van der Waals surface area contributed by atoms with Crippen LogP contribution < -0.4 is 0 Å². The Morgan fingerprint density at radius 2 is 1.75 bits per heavy atom. The molecule has 0 unspecified atom stereocenters. The van der Waals surface area contributed by atoms with Crippen molar-refractivity contribution in [2.24, 2.45) is 0 Å². The second-order valence-electron chi connectivity index (χ2n) is 7.22. The van der Waals surface area contributed by atoms with Crippen molar-refractivity contribution in [3.05, 3.63) is 35.9 Å². The highest BCUT2D eigenvalue weighted by Crippen LogP contribution is 2.17. The maximum atomic E-state index is 8.57. The van der Waals surface area contributed by atoms with E-state index in [1.165, 1.54) is 5.56 Å². The Kier molecular flexibility index (Phi) is 7.71. The van der Waals surface area contributed by atoms with Crippen molar-refractivity contribution in [3.63, 3.8) is 0 Å². The predicted molar refractivity (Wildman–Crippen MR) is 97.7 cm³/mol. The van der Waals surface area contributed by atoms with Crippen molar-refractivity contribution < 1.29 is 4.74 Å². The van der Waals surface area contributed by atoms with Gasteiger partial charge in [-0.05, 0) is 32.3 Å². The van der Waals surface area contributed by atoms with Gasteiger partial charge in [0.25, 0.3) is 0 Å². The van der Waals surface area contributed by atoms with Gasteiger partial charge in [0.15, 0.2) is 0 Å². The van der Waals surface area contributed by atoms with Crippen molar-refractivity contribution in [2.75, 3.05) is 39.3 Å². The molecule has 0 bridgehead atoms. The maximum absolute atomic E-state index is 8.57. The molecule has 1 aromatic rings. The van der Waals surface area contributed by atoms with E-state index in [4.69, 9.17) is 10.00 Å². The Morgan fingerprint density at radius 3 is 2.42 bits per heavy atom. The number of hydrogen-bond donors (Lipinski definition) is 0. The molecule has 1 heterocycles. The first-order valence-corrected chi connectivity index (χ1v) is 9.09. The largest absolute Gasteiger partial charge is 0.375 e. The molecule has 0 aromatic heterocycles. The SMILES string of the molecule is CC(C)(CCN1CCN(Cc2ccccc2)CC1)OCCCC#N. The normalized spacial score (nSPS) is 16.9. The monoisotopic (exact) mass is 329 g/mol. The van der Waals surface area contributed by atoms with E-state index in [9.17, 15) is 0 Å². The van der Waals surface area contributed by atoms with Crippen LogP contribution in [-0.4, -0.2) is 54.7 Å². The molecular weight excluding hydrogens is 298 g/mol. The average molecular weight is 329 g/mol. The third-order valence-corrected chi connectivity index (χ3v) is 4.67. The van der Waals surface area contributed by atoms with Gasteiger partial charge in [-0.25, -0.2) is 0 Å². The molecular formula is C20H31N3O. The van der Waals surface area contributed by atoms with Crippen molar-refractivity contribution in [1.29, 1.82) is 5.26 Å². The molecule has 1 saturated heterocycles. The average Bonchev–Trinajstić information content (AvgIpc) is 2.59. The maximum Gasteiger partial charge on any atom is 0.0638 e. The van der Waals surface area contributed by atoms with Gasteiger partial charge in [0.1, 0.15) is 0 Å². The Balaban J connectivity index is 1.63. The Labute approximate surface area is 147 Å². The molecule has 2 rings (SSSR count). The summed E-state index contributed by atoms with van der Waals surface area (Å²) in [4.78, 5) is 5.08. The summed E-state index contributed by atoms with van der Waals surface area (Å²) in [5.41, 5.74) is 1.30. The standard InChI is InChI=1S/C20H31N3O/c1-20(2,24-17-7-6-11-21)10-12-22-13-15-23(16-14-22)18-19-8-4-3-5-9-19/h3-5,8-9H,6-7,10,12-18H2,1-2H3. The minimum atomic E-state index is -0.101. The Morgan fingerprint density at radius 1 is 1.08 bits per heavy atom. The molecule has 0 radical (unpaired) electrons. The highest BCUT2D eigenvalue weighted by Gasteiger charge is 2.22. The van der Waals surface area contributed by atoms with Crippen LogP contribution in [0.25, 0.3) is 0 Å². The van der Waals surface area contributed by atoms with Crippen LogP contribution in [0.5, 0.6) is 0 Å². The quantitative estimate of drug-likeness (QED) is 0.652. The zero-order chi connectivity index (χ0) is 17.3. The van der Waals surface area contributed by atoms with E-state index in [2.05, 4.69) is 60.0 Å². The van der Waals surface area contributed by atoms with E-state index >= 15 is 0 Å². The van der Waals surface area contributed by atoms with Crippen LogP contribution >= 0.6 is 0 Å². The summed E-state index contributed by atoms with van der Waals surface area (Å²) in [6, 6.07) is 12.9. The smallest absolute Gasteiger partial charge is 0.0638 e. The number of nitriles is 1. The fraction of sp³-hybridized carbons (Fsp3) is 0.650. The number of piperazine rings is 1. The van der Waals surface area contributed by atoms with Gasteiger partial charge in [-0.3, -0.25) is 4.90 Å². The molecule has 0 atom stereocenters. The molecule has 1 fully saturated rings. The predicted octanol–water partition coefficient (Wildman–Crippen LogP) is 3.29. The second-order valence-corrected chi connectivity index (χ2v) is 7.22. The molecule has 132 valence electrons. The summed E-state index contributed by atoms with van der Waals surface area (Å²) in [5, 5.41) is 8.57. The summed E-state index contributed by atoms with van der Waals surface area (Å²) in [6.07, 6.45) is 2.45. The highest BCUT2D eigenvalue weighted by molar-refractivity contribution is 5.14. The van der Waals surface area contributed by atoms with Crippen LogP contribution in [0.3, 0.4) is 0 Å². The number of rotatable bonds is 9. The molecule has 1 aliphatic heterocycles.